The van der Waals surface area contributed by atoms with Crippen molar-refractivity contribution in [2.24, 2.45) is 0 Å². The Hall–Kier alpha value is -1.37. The van der Waals surface area contributed by atoms with E-state index >= 15 is 0 Å². The van der Waals surface area contributed by atoms with E-state index in [0.29, 0.717) is 5.06 Å². The van der Waals surface area contributed by atoms with Crippen LogP contribution in [0.4, 0.5) is 0 Å². The zero-order valence-corrected chi connectivity index (χ0v) is 9.53. The summed E-state index contributed by atoms with van der Waals surface area (Å²) in [5.74, 6) is -2.19. The van der Waals surface area contributed by atoms with E-state index < -0.39 is 23.0 Å². The molecule has 6 nitrogen and oxygen atoms in total. The quantitative estimate of drug-likeness (QED) is 0.551. The SMILES string of the molecule is CC(=O)C(S)CC(=O)ON1C(=O)CCC1=O. The summed E-state index contributed by atoms with van der Waals surface area (Å²) in [7, 11) is 0. The minimum Gasteiger partial charge on any atom is -0.330 e. The zero-order valence-electron chi connectivity index (χ0n) is 8.63. The molecule has 1 aliphatic rings. The number of carbonyl (C=O) groups excluding carboxylic acids is 4. The van der Waals surface area contributed by atoms with E-state index in [2.05, 4.69) is 17.5 Å². The normalized spacial score (nSPS) is 17.5. The minimum absolute atomic E-state index is 0.0448. The van der Waals surface area contributed by atoms with Crippen molar-refractivity contribution in [3.63, 3.8) is 0 Å². The molecule has 0 bridgehead atoms. The zero-order chi connectivity index (χ0) is 12.3. The molecule has 0 radical (unpaired) electrons. The van der Waals surface area contributed by atoms with Crippen molar-refractivity contribution in [2.75, 3.05) is 0 Å². The second-order valence-electron chi connectivity index (χ2n) is 3.38. The Morgan fingerprint density at radius 2 is 1.88 bits per heavy atom. The van der Waals surface area contributed by atoms with Gasteiger partial charge in [-0.1, -0.05) is 0 Å². The molecule has 0 spiro atoms. The average Bonchev–Trinajstić information content (AvgIpc) is 2.49. The van der Waals surface area contributed by atoms with Gasteiger partial charge in [0.25, 0.3) is 11.8 Å². The maximum Gasteiger partial charge on any atom is 0.334 e. The van der Waals surface area contributed by atoms with Crippen molar-refractivity contribution in [1.82, 2.24) is 5.06 Å². The summed E-state index contributed by atoms with van der Waals surface area (Å²) in [5, 5.41) is -0.330. The smallest absolute Gasteiger partial charge is 0.330 e. The number of hydrogen-bond acceptors (Lipinski definition) is 6. The molecule has 0 aliphatic carbocycles. The van der Waals surface area contributed by atoms with E-state index in [4.69, 9.17) is 0 Å². The maximum atomic E-state index is 11.2. The standard InChI is InChI=1S/C9H11NO5S/c1-5(11)6(16)4-9(14)15-10-7(12)2-3-8(10)13/h6,16H,2-4H2,1H3. The summed E-state index contributed by atoms with van der Waals surface area (Å²) in [6, 6.07) is 0. The van der Waals surface area contributed by atoms with Crippen LogP contribution in [0, 0.1) is 0 Å². The Morgan fingerprint density at radius 3 is 2.31 bits per heavy atom. The molecular formula is C9H11NO5S. The highest BCUT2D eigenvalue weighted by Crippen LogP contribution is 2.13. The summed E-state index contributed by atoms with van der Waals surface area (Å²) in [6.45, 7) is 1.29. The van der Waals surface area contributed by atoms with Crippen LogP contribution in [0.3, 0.4) is 0 Å². The first-order chi connectivity index (χ1) is 7.41. The van der Waals surface area contributed by atoms with Crippen LogP contribution in [0.5, 0.6) is 0 Å². The molecule has 16 heavy (non-hydrogen) atoms. The third-order valence-corrected chi connectivity index (χ3v) is 2.57. The van der Waals surface area contributed by atoms with E-state index in [1.165, 1.54) is 6.92 Å². The number of ketones is 1. The van der Waals surface area contributed by atoms with Crippen LogP contribution in [0.25, 0.3) is 0 Å². The first-order valence-electron chi connectivity index (χ1n) is 4.67. The van der Waals surface area contributed by atoms with E-state index in [-0.39, 0.29) is 25.0 Å². The van der Waals surface area contributed by atoms with Gasteiger partial charge in [-0.05, 0) is 6.92 Å². The Labute approximate surface area is 97.3 Å². The van der Waals surface area contributed by atoms with Crippen molar-refractivity contribution in [1.29, 1.82) is 0 Å². The minimum atomic E-state index is -0.821. The van der Waals surface area contributed by atoms with Gasteiger partial charge in [0.05, 0.1) is 11.7 Å². The first-order valence-corrected chi connectivity index (χ1v) is 5.18. The Morgan fingerprint density at radius 1 is 1.38 bits per heavy atom. The molecule has 0 saturated carbocycles. The number of amides is 2. The first kappa shape index (κ1) is 12.7. The molecule has 0 N–H and O–H groups in total. The van der Waals surface area contributed by atoms with Gasteiger partial charge in [-0.15, -0.1) is 5.06 Å². The van der Waals surface area contributed by atoms with E-state index in [1.807, 2.05) is 0 Å². The lowest BCUT2D eigenvalue weighted by molar-refractivity contribution is -0.197. The van der Waals surface area contributed by atoms with Gasteiger partial charge in [0, 0.05) is 12.8 Å². The number of nitrogens with zero attached hydrogens (tertiary/aromatic N) is 1. The van der Waals surface area contributed by atoms with Gasteiger partial charge in [0.2, 0.25) is 0 Å². The number of carbonyl (C=O) groups is 4. The molecule has 1 saturated heterocycles. The van der Waals surface area contributed by atoms with E-state index in [0.717, 1.165) is 0 Å². The number of imide groups is 1. The number of hydroxylamine groups is 2. The Kier molecular flexibility index (Phi) is 4.05. The fraction of sp³-hybridized carbons (Fsp3) is 0.556. The van der Waals surface area contributed by atoms with E-state index in [1.54, 1.807) is 0 Å². The molecule has 88 valence electrons. The van der Waals surface area contributed by atoms with Gasteiger partial charge >= 0.3 is 5.97 Å². The predicted molar refractivity (Wildman–Crippen MR) is 55.3 cm³/mol. The second kappa shape index (κ2) is 5.11. The van der Waals surface area contributed by atoms with Gasteiger partial charge < -0.3 is 4.84 Å². The molecule has 1 unspecified atom stereocenters. The molecule has 1 aliphatic heterocycles. The van der Waals surface area contributed by atoms with Crippen LogP contribution in [0.15, 0.2) is 0 Å². The highest BCUT2D eigenvalue weighted by atomic mass is 32.1. The summed E-state index contributed by atoms with van der Waals surface area (Å²) < 4.78 is 0. The van der Waals surface area contributed by atoms with Gasteiger partial charge in [0.1, 0.15) is 5.78 Å². The molecule has 0 aromatic rings. The fourth-order valence-electron chi connectivity index (χ4n) is 1.10. The van der Waals surface area contributed by atoms with Gasteiger partial charge in [-0.2, -0.15) is 12.6 Å². The Balaban J connectivity index is 2.48. The fourth-order valence-corrected chi connectivity index (χ4v) is 1.25. The third kappa shape index (κ3) is 3.06. The maximum absolute atomic E-state index is 11.2. The molecule has 7 heteroatoms. The summed E-state index contributed by atoms with van der Waals surface area (Å²) >= 11 is 3.87. The van der Waals surface area contributed by atoms with Crippen LogP contribution in [-0.4, -0.2) is 33.9 Å². The van der Waals surface area contributed by atoms with Crippen LogP contribution in [-0.2, 0) is 24.0 Å². The van der Waals surface area contributed by atoms with Crippen molar-refractivity contribution in [3.8, 4) is 0 Å². The molecule has 2 amide bonds. The summed E-state index contributed by atoms with van der Waals surface area (Å²) in [5.41, 5.74) is 0. The molecule has 0 aromatic heterocycles. The van der Waals surface area contributed by atoms with Crippen molar-refractivity contribution >= 4 is 36.2 Å². The molecular weight excluding hydrogens is 234 g/mol. The van der Waals surface area contributed by atoms with Crippen molar-refractivity contribution in [2.45, 2.75) is 31.4 Å². The van der Waals surface area contributed by atoms with Crippen molar-refractivity contribution < 1.29 is 24.0 Å². The highest BCUT2D eigenvalue weighted by molar-refractivity contribution is 7.81. The second-order valence-corrected chi connectivity index (χ2v) is 4.00. The topological polar surface area (TPSA) is 80.8 Å². The van der Waals surface area contributed by atoms with E-state index in [9.17, 15) is 19.2 Å². The lowest BCUT2D eigenvalue weighted by Gasteiger charge is -2.13. The van der Waals surface area contributed by atoms with Crippen molar-refractivity contribution in [3.05, 3.63) is 0 Å². The van der Waals surface area contributed by atoms with Crippen LogP contribution >= 0.6 is 12.6 Å². The van der Waals surface area contributed by atoms with Crippen LogP contribution in [0.2, 0.25) is 0 Å². The monoisotopic (exact) mass is 245 g/mol. The average molecular weight is 245 g/mol. The number of rotatable bonds is 4. The molecule has 0 aromatic carbocycles. The molecule has 1 fully saturated rings. The molecule has 1 heterocycles. The number of thiol groups is 1. The lowest BCUT2D eigenvalue weighted by atomic mass is 10.2. The lowest BCUT2D eigenvalue weighted by Crippen LogP contribution is -2.33. The largest absolute Gasteiger partial charge is 0.334 e. The van der Waals surface area contributed by atoms with Gasteiger partial charge in [0.15, 0.2) is 0 Å². The summed E-state index contributed by atoms with van der Waals surface area (Å²) in [4.78, 5) is 48.8. The third-order valence-electron chi connectivity index (χ3n) is 2.03. The van der Waals surface area contributed by atoms with Gasteiger partial charge in [-0.3, -0.25) is 14.4 Å². The number of Topliss-reactive ketones (excluding diaryl/α,β-unsaturated/α-hetero) is 1. The Bertz CT molecular complexity index is 338. The van der Waals surface area contributed by atoms with Crippen LogP contribution < -0.4 is 0 Å². The van der Waals surface area contributed by atoms with Crippen LogP contribution in [0.1, 0.15) is 26.2 Å². The molecule has 1 rings (SSSR count). The molecule has 1 atom stereocenters. The predicted octanol–water partition coefficient (Wildman–Crippen LogP) is -0.129. The summed E-state index contributed by atoms with van der Waals surface area (Å²) in [6.07, 6.45) is -0.179. The number of hydrogen-bond donors (Lipinski definition) is 1. The van der Waals surface area contributed by atoms with Gasteiger partial charge in [-0.25, -0.2) is 4.79 Å². The highest BCUT2D eigenvalue weighted by Gasteiger charge is 2.33.